The van der Waals surface area contributed by atoms with Crippen molar-refractivity contribution in [1.29, 1.82) is 5.26 Å². The maximum absolute atomic E-state index is 11.3. The molecule has 0 saturated carbocycles. The Morgan fingerprint density at radius 1 is 1.53 bits per heavy atom. The molecule has 0 fully saturated rings. The quantitative estimate of drug-likeness (QED) is 0.709. The number of aromatic nitrogens is 1. The number of carbonyl (C=O) groups excluding carboxylic acids is 1. The SMILES string of the molecule is N#Cc1ccc(C(=O)NCC(=O)O)cn1. The first-order valence-corrected chi connectivity index (χ1v) is 3.99. The van der Waals surface area contributed by atoms with Gasteiger partial charge in [0.05, 0.1) is 5.56 Å². The Bertz CT molecular complexity index is 419. The molecule has 0 unspecified atom stereocenters. The van der Waals surface area contributed by atoms with Gasteiger partial charge < -0.3 is 10.4 Å². The fraction of sp³-hybridized carbons (Fsp3) is 0.111. The molecule has 0 aliphatic heterocycles. The number of carbonyl (C=O) groups is 2. The normalized spacial score (nSPS) is 9.00. The number of hydrogen-bond donors (Lipinski definition) is 2. The largest absolute Gasteiger partial charge is 0.480 e. The van der Waals surface area contributed by atoms with Gasteiger partial charge in [0.15, 0.2) is 0 Å². The van der Waals surface area contributed by atoms with Crippen molar-refractivity contribution in [2.45, 2.75) is 0 Å². The van der Waals surface area contributed by atoms with E-state index in [4.69, 9.17) is 10.4 Å². The molecule has 2 N–H and O–H groups in total. The summed E-state index contributed by atoms with van der Waals surface area (Å²) in [6, 6.07) is 4.60. The molecule has 0 aromatic carbocycles. The Morgan fingerprint density at radius 3 is 2.73 bits per heavy atom. The minimum atomic E-state index is -1.12. The number of aliphatic carboxylic acids is 1. The third kappa shape index (κ3) is 3.08. The lowest BCUT2D eigenvalue weighted by atomic mass is 10.2. The molecule has 0 bridgehead atoms. The van der Waals surface area contributed by atoms with Gasteiger partial charge in [0.25, 0.3) is 5.91 Å². The summed E-state index contributed by atoms with van der Waals surface area (Å²) in [5.41, 5.74) is 0.417. The van der Waals surface area contributed by atoms with Crippen LogP contribution >= 0.6 is 0 Å². The third-order valence-electron chi connectivity index (χ3n) is 1.54. The van der Waals surface area contributed by atoms with Gasteiger partial charge in [-0.05, 0) is 12.1 Å². The number of carboxylic acids is 1. The summed E-state index contributed by atoms with van der Waals surface area (Å²) in [7, 11) is 0. The van der Waals surface area contributed by atoms with Gasteiger partial charge >= 0.3 is 5.97 Å². The number of hydrogen-bond acceptors (Lipinski definition) is 4. The van der Waals surface area contributed by atoms with Gasteiger partial charge in [0.2, 0.25) is 0 Å². The van der Waals surface area contributed by atoms with E-state index in [2.05, 4.69) is 10.3 Å². The molecular weight excluding hydrogens is 198 g/mol. The Hall–Kier alpha value is -2.42. The lowest BCUT2D eigenvalue weighted by Crippen LogP contribution is -2.29. The van der Waals surface area contributed by atoms with Crippen molar-refractivity contribution in [3.05, 3.63) is 29.6 Å². The van der Waals surface area contributed by atoms with Crippen molar-refractivity contribution < 1.29 is 14.7 Å². The van der Waals surface area contributed by atoms with Gasteiger partial charge in [0.1, 0.15) is 18.3 Å². The zero-order valence-electron chi connectivity index (χ0n) is 7.60. The van der Waals surface area contributed by atoms with E-state index in [0.29, 0.717) is 0 Å². The topological polar surface area (TPSA) is 103 Å². The van der Waals surface area contributed by atoms with Gasteiger partial charge in [-0.3, -0.25) is 9.59 Å². The number of pyridine rings is 1. The first-order valence-electron chi connectivity index (χ1n) is 3.99. The van der Waals surface area contributed by atoms with Crippen LogP contribution in [0.5, 0.6) is 0 Å². The van der Waals surface area contributed by atoms with E-state index < -0.39 is 18.4 Å². The molecule has 1 heterocycles. The van der Waals surface area contributed by atoms with Gasteiger partial charge in [0, 0.05) is 6.20 Å². The molecule has 0 saturated heterocycles. The highest BCUT2D eigenvalue weighted by atomic mass is 16.4. The second-order valence-electron chi connectivity index (χ2n) is 2.62. The van der Waals surface area contributed by atoms with Gasteiger partial charge in [-0.2, -0.15) is 5.26 Å². The molecule has 0 radical (unpaired) electrons. The Balaban J connectivity index is 2.67. The molecule has 1 aromatic rings. The Morgan fingerprint density at radius 2 is 2.27 bits per heavy atom. The average molecular weight is 205 g/mol. The molecule has 1 aromatic heterocycles. The van der Waals surface area contributed by atoms with Crippen molar-refractivity contribution >= 4 is 11.9 Å². The molecule has 15 heavy (non-hydrogen) atoms. The van der Waals surface area contributed by atoms with E-state index in [0.717, 1.165) is 0 Å². The van der Waals surface area contributed by atoms with Crippen LogP contribution in [0.3, 0.4) is 0 Å². The molecule has 76 valence electrons. The van der Waals surface area contributed by atoms with Crippen LogP contribution < -0.4 is 5.32 Å². The highest BCUT2D eigenvalue weighted by Gasteiger charge is 2.07. The molecular formula is C9H7N3O3. The third-order valence-corrected chi connectivity index (χ3v) is 1.54. The van der Waals surface area contributed by atoms with Crippen LogP contribution in [0, 0.1) is 11.3 Å². The summed E-state index contributed by atoms with van der Waals surface area (Å²) in [4.78, 5) is 25.1. The predicted molar refractivity (Wildman–Crippen MR) is 48.9 cm³/mol. The molecule has 0 aliphatic rings. The monoisotopic (exact) mass is 205 g/mol. The van der Waals surface area contributed by atoms with Crippen molar-refractivity contribution in [2.75, 3.05) is 6.54 Å². The van der Waals surface area contributed by atoms with Gasteiger partial charge in [-0.25, -0.2) is 4.98 Å². The fourth-order valence-corrected chi connectivity index (χ4v) is 0.852. The zero-order valence-corrected chi connectivity index (χ0v) is 7.60. The van der Waals surface area contributed by atoms with Crippen molar-refractivity contribution in [3.63, 3.8) is 0 Å². The van der Waals surface area contributed by atoms with E-state index in [-0.39, 0.29) is 11.3 Å². The van der Waals surface area contributed by atoms with Gasteiger partial charge in [-0.1, -0.05) is 0 Å². The molecule has 6 nitrogen and oxygen atoms in total. The summed E-state index contributed by atoms with van der Waals surface area (Å²) in [5, 5.41) is 18.9. The van der Waals surface area contributed by atoms with Crippen molar-refractivity contribution in [2.24, 2.45) is 0 Å². The number of amides is 1. The number of nitrogens with zero attached hydrogens (tertiary/aromatic N) is 2. The minimum Gasteiger partial charge on any atom is -0.480 e. The van der Waals surface area contributed by atoms with E-state index in [1.165, 1.54) is 18.3 Å². The molecule has 1 amide bonds. The van der Waals surface area contributed by atoms with E-state index in [1.807, 2.05) is 0 Å². The highest BCUT2D eigenvalue weighted by molar-refractivity contribution is 5.95. The van der Waals surface area contributed by atoms with E-state index >= 15 is 0 Å². The van der Waals surface area contributed by atoms with Crippen molar-refractivity contribution in [3.8, 4) is 6.07 Å². The Kier molecular flexibility index (Phi) is 3.35. The number of rotatable bonds is 3. The van der Waals surface area contributed by atoms with E-state index in [9.17, 15) is 9.59 Å². The second-order valence-corrected chi connectivity index (χ2v) is 2.62. The van der Waals surface area contributed by atoms with Gasteiger partial charge in [-0.15, -0.1) is 0 Å². The molecule has 0 atom stereocenters. The molecule has 6 heteroatoms. The predicted octanol–water partition coefficient (Wildman–Crippen LogP) is -0.232. The lowest BCUT2D eigenvalue weighted by Gasteiger charge is -2.00. The van der Waals surface area contributed by atoms with Crippen LogP contribution in [0.1, 0.15) is 16.1 Å². The van der Waals surface area contributed by atoms with Crippen LogP contribution in [-0.2, 0) is 4.79 Å². The summed E-state index contributed by atoms with van der Waals surface area (Å²) in [6.45, 7) is -0.446. The fourth-order valence-electron chi connectivity index (χ4n) is 0.852. The number of nitriles is 1. The van der Waals surface area contributed by atoms with Crippen LogP contribution in [0.4, 0.5) is 0 Å². The summed E-state index contributed by atoms with van der Waals surface area (Å²) >= 11 is 0. The lowest BCUT2D eigenvalue weighted by molar-refractivity contribution is -0.135. The van der Waals surface area contributed by atoms with Crippen LogP contribution in [0.25, 0.3) is 0 Å². The standard InChI is InChI=1S/C9H7N3O3/c10-3-7-2-1-6(4-11-7)9(15)12-5-8(13)14/h1-2,4H,5H2,(H,12,15)(H,13,14). The van der Waals surface area contributed by atoms with Crippen LogP contribution in [0.15, 0.2) is 18.3 Å². The highest BCUT2D eigenvalue weighted by Crippen LogP contribution is 1.98. The van der Waals surface area contributed by atoms with Crippen LogP contribution in [0.2, 0.25) is 0 Å². The van der Waals surface area contributed by atoms with E-state index in [1.54, 1.807) is 6.07 Å². The Labute approximate surface area is 85.2 Å². The zero-order chi connectivity index (χ0) is 11.3. The average Bonchev–Trinajstić information content (AvgIpc) is 2.26. The summed E-state index contributed by atoms with van der Waals surface area (Å²) < 4.78 is 0. The molecule has 0 aliphatic carbocycles. The summed E-state index contributed by atoms with van der Waals surface area (Å²) in [5.74, 6) is -1.65. The minimum absolute atomic E-state index is 0.199. The number of carboxylic acid groups (broad SMARTS) is 1. The molecule has 0 spiro atoms. The smallest absolute Gasteiger partial charge is 0.322 e. The maximum Gasteiger partial charge on any atom is 0.322 e. The summed E-state index contributed by atoms with van der Waals surface area (Å²) in [6.07, 6.45) is 1.22. The van der Waals surface area contributed by atoms with Crippen molar-refractivity contribution in [1.82, 2.24) is 10.3 Å². The maximum atomic E-state index is 11.3. The number of nitrogens with one attached hydrogen (secondary N) is 1. The molecule has 1 rings (SSSR count). The first kappa shape index (κ1) is 10.7. The first-order chi connectivity index (χ1) is 7.13. The second kappa shape index (κ2) is 4.72. The van der Waals surface area contributed by atoms with Crippen LogP contribution in [-0.4, -0.2) is 28.5 Å².